The Hall–Kier alpha value is -3.75. The van der Waals surface area contributed by atoms with Crippen molar-refractivity contribution in [1.29, 1.82) is 0 Å². The molecule has 5 N–H and O–H groups in total. The van der Waals surface area contributed by atoms with Crippen LogP contribution in [0.15, 0.2) is 49.1 Å². The molecular formula is C17H17N9. The summed E-state index contributed by atoms with van der Waals surface area (Å²) in [6.45, 7) is 1.96. The molecule has 0 aliphatic carbocycles. The Kier molecular flexibility index (Phi) is 3.81. The molecule has 0 fully saturated rings. The Balaban J connectivity index is 1.82. The van der Waals surface area contributed by atoms with Gasteiger partial charge in [0.25, 0.3) is 0 Å². The van der Waals surface area contributed by atoms with Crippen molar-refractivity contribution >= 4 is 28.5 Å². The van der Waals surface area contributed by atoms with Gasteiger partial charge < -0.3 is 16.8 Å². The van der Waals surface area contributed by atoms with Crippen LogP contribution in [0.5, 0.6) is 0 Å². The van der Waals surface area contributed by atoms with E-state index in [0.717, 1.165) is 17.2 Å². The number of rotatable bonds is 4. The summed E-state index contributed by atoms with van der Waals surface area (Å²) < 4.78 is 1.96. The van der Waals surface area contributed by atoms with Crippen LogP contribution in [-0.2, 0) is 0 Å². The van der Waals surface area contributed by atoms with Crippen molar-refractivity contribution < 1.29 is 0 Å². The Morgan fingerprint density at radius 1 is 1.00 bits per heavy atom. The zero-order valence-electron chi connectivity index (χ0n) is 14.0. The van der Waals surface area contributed by atoms with E-state index in [1.54, 1.807) is 12.4 Å². The summed E-state index contributed by atoms with van der Waals surface area (Å²) in [5.41, 5.74) is 13.5. The van der Waals surface area contributed by atoms with Crippen LogP contribution in [0.2, 0.25) is 0 Å². The molecular weight excluding hydrogens is 330 g/mol. The van der Waals surface area contributed by atoms with Gasteiger partial charge in [0.1, 0.15) is 23.7 Å². The van der Waals surface area contributed by atoms with Crippen molar-refractivity contribution in [3.8, 4) is 5.82 Å². The number of hydrogen-bond acceptors (Lipinski definition) is 8. The minimum atomic E-state index is -0.234. The molecule has 0 saturated heterocycles. The highest BCUT2D eigenvalue weighted by Crippen LogP contribution is 2.27. The summed E-state index contributed by atoms with van der Waals surface area (Å²) in [4.78, 5) is 21.5. The van der Waals surface area contributed by atoms with Crippen LogP contribution in [0.3, 0.4) is 0 Å². The summed E-state index contributed by atoms with van der Waals surface area (Å²) >= 11 is 0. The normalized spacial score (nSPS) is 12.2. The molecule has 0 bridgehead atoms. The fourth-order valence-corrected chi connectivity index (χ4v) is 2.74. The molecule has 26 heavy (non-hydrogen) atoms. The second kappa shape index (κ2) is 6.28. The molecule has 4 aromatic heterocycles. The molecule has 4 aromatic rings. The van der Waals surface area contributed by atoms with Gasteiger partial charge in [-0.25, -0.2) is 24.9 Å². The van der Waals surface area contributed by atoms with Gasteiger partial charge in [0.15, 0.2) is 17.3 Å². The zero-order chi connectivity index (χ0) is 18.1. The van der Waals surface area contributed by atoms with Crippen molar-refractivity contribution in [1.82, 2.24) is 29.5 Å². The first kappa shape index (κ1) is 15.8. The second-order valence-corrected chi connectivity index (χ2v) is 5.73. The van der Waals surface area contributed by atoms with Gasteiger partial charge >= 0.3 is 0 Å². The predicted molar refractivity (Wildman–Crippen MR) is 99.6 cm³/mol. The first-order valence-corrected chi connectivity index (χ1v) is 8.02. The molecule has 0 radical (unpaired) electrons. The number of fused-ring (bicyclic) bond motifs is 1. The highest BCUT2D eigenvalue weighted by Gasteiger charge is 2.20. The maximum Gasteiger partial charge on any atom is 0.178 e. The van der Waals surface area contributed by atoms with Gasteiger partial charge in [-0.2, -0.15) is 0 Å². The quantitative estimate of drug-likeness (QED) is 0.510. The highest BCUT2D eigenvalue weighted by atomic mass is 15.2. The third-order valence-electron chi connectivity index (χ3n) is 3.99. The SMILES string of the molecule is CC(Nc1ncnc(N)c1N)c1nc2ncccc2n1-c1ccccn1. The molecule has 0 aliphatic rings. The van der Waals surface area contributed by atoms with Crippen molar-refractivity contribution in [2.24, 2.45) is 0 Å². The second-order valence-electron chi connectivity index (χ2n) is 5.73. The Labute approximate surface area is 149 Å². The first-order valence-electron chi connectivity index (χ1n) is 8.02. The smallest absolute Gasteiger partial charge is 0.178 e. The van der Waals surface area contributed by atoms with E-state index in [9.17, 15) is 0 Å². The van der Waals surface area contributed by atoms with Crippen LogP contribution in [0.1, 0.15) is 18.8 Å². The van der Waals surface area contributed by atoms with E-state index in [1.165, 1.54) is 6.33 Å². The lowest BCUT2D eigenvalue weighted by Crippen LogP contribution is -2.16. The van der Waals surface area contributed by atoms with Crippen LogP contribution in [0.4, 0.5) is 17.3 Å². The van der Waals surface area contributed by atoms with E-state index >= 15 is 0 Å². The van der Waals surface area contributed by atoms with Gasteiger partial charge in [-0.3, -0.25) is 4.57 Å². The van der Waals surface area contributed by atoms with E-state index < -0.39 is 0 Å². The Morgan fingerprint density at radius 3 is 2.65 bits per heavy atom. The Morgan fingerprint density at radius 2 is 1.85 bits per heavy atom. The number of anilines is 3. The molecule has 9 heteroatoms. The molecule has 4 heterocycles. The summed E-state index contributed by atoms with van der Waals surface area (Å²) in [5, 5.41) is 3.24. The minimum Gasteiger partial charge on any atom is -0.393 e. The summed E-state index contributed by atoms with van der Waals surface area (Å²) in [6, 6.07) is 9.30. The van der Waals surface area contributed by atoms with E-state index in [2.05, 4.69) is 30.2 Å². The summed E-state index contributed by atoms with van der Waals surface area (Å²) in [5.74, 6) is 2.17. The molecule has 0 spiro atoms. The number of hydrogen-bond donors (Lipinski definition) is 3. The average Bonchev–Trinajstić information content (AvgIpc) is 3.06. The molecule has 130 valence electrons. The highest BCUT2D eigenvalue weighted by molar-refractivity contribution is 5.75. The number of nitrogens with one attached hydrogen (secondary N) is 1. The first-order chi connectivity index (χ1) is 12.6. The lowest BCUT2D eigenvalue weighted by atomic mass is 10.3. The fourth-order valence-electron chi connectivity index (χ4n) is 2.74. The maximum atomic E-state index is 5.97. The number of imidazole rings is 1. The molecule has 0 aromatic carbocycles. The Bertz CT molecular complexity index is 1060. The molecule has 1 atom stereocenters. The number of nitrogen functional groups attached to an aromatic ring is 2. The van der Waals surface area contributed by atoms with Crippen molar-refractivity contribution in [3.63, 3.8) is 0 Å². The zero-order valence-corrected chi connectivity index (χ0v) is 14.0. The van der Waals surface area contributed by atoms with Gasteiger partial charge in [-0.15, -0.1) is 0 Å². The van der Waals surface area contributed by atoms with Crippen molar-refractivity contribution in [2.45, 2.75) is 13.0 Å². The topological polar surface area (TPSA) is 133 Å². The summed E-state index contributed by atoms with van der Waals surface area (Å²) in [6.07, 6.45) is 4.82. The molecule has 4 rings (SSSR count). The van der Waals surface area contributed by atoms with Crippen LogP contribution in [0, 0.1) is 0 Å². The third-order valence-corrected chi connectivity index (χ3v) is 3.99. The lowest BCUT2D eigenvalue weighted by Gasteiger charge is -2.17. The lowest BCUT2D eigenvalue weighted by molar-refractivity contribution is 0.760. The van der Waals surface area contributed by atoms with E-state index in [4.69, 9.17) is 11.5 Å². The van der Waals surface area contributed by atoms with E-state index in [-0.39, 0.29) is 11.9 Å². The number of nitrogens with two attached hydrogens (primary N) is 2. The van der Waals surface area contributed by atoms with Crippen LogP contribution >= 0.6 is 0 Å². The van der Waals surface area contributed by atoms with Gasteiger partial charge in [0, 0.05) is 12.4 Å². The fraction of sp³-hybridized carbons (Fsp3) is 0.118. The average molecular weight is 347 g/mol. The van der Waals surface area contributed by atoms with Gasteiger partial charge in [-0.1, -0.05) is 6.07 Å². The molecule has 0 amide bonds. The minimum absolute atomic E-state index is 0.231. The molecule has 1 unspecified atom stereocenters. The van der Waals surface area contributed by atoms with E-state index in [0.29, 0.717) is 17.2 Å². The van der Waals surface area contributed by atoms with Crippen LogP contribution in [0.25, 0.3) is 17.0 Å². The number of aromatic nitrogens is 6. The van der Waals surface area contributed by atoms with Crippen LogP contribution < -0.4 is 16.8 Å². The predicted octanol–water partition coefficient (Wildman–Crippen LogP) is 1.94. The monoisotopic (exact) mass is 347 g/mol. The molecule has 0 aliphatic heterocycles. The number of pyridine rings is 2. The van der Waals surface area contributed by atoms with Crippen LogP contribution in [-0.4, -0.2) is 29.5 Å². The maximum absolute atomic E-state index is 5.97. The van der Waals surface area contributed by atoms with Crippen molar-refractivity contribution in [3.05, 3.63) is 54.9 Å². The van der Waals surface area contributed by atoms with Gasteiger partial charge in [0.05, 0.1) is 11.6 Å². The third kappa shape index (κ3) is 2.65. The number of nitrogens with zero attached hydrogens (tertiary/aromatic N) is 6. The van der Waals surface area contributed by atoms with Gasteiger partial charge in [0.2, 0.25) is 0 Å². The summed E-state index contributed by atoms with van der Waals surface area (Å²) in [7, 11) is 0. The van der Waals surface area contributed by atoms with Gasteiger partial charge in [-0.05, 0) is 31.2 Å². The molecule has 9 nitrogen and oxygen atoms in total. The molecule has 0 saturated carbocycles. The van der Waals surface area contributed by atoms with E-state index in [1.807, 2.05) is 41.8 Å². The largest absolute Gasteiger partial charge is 0.393 e. The standard InChI is InChI=1S/C17H17N9/c1-10(24-16-13(18)14(19)22-9-23-16)17-25-15-11(5-4-8-21-15)26(17)12-6-2-3-7-20-12/h2-10H,18H2,1H3,(H3,19,22,23,24). The van der Waals surface area contributed by atoms with Crippen molar-refractivity contribution in [2.75, 3.05) is 16.8 Å².